The number of fused-ring (bicyclic) bond motifs is 2. The third kappa shape index (κ3) is 2.73. The van der Waals surface area contributed by atoms with Gasteiger partial charge in [0.15, 0.2) is 0 Å². The zero-order chi connectivity index (χ0) is 22.1. The minimum Gasteiger partial charge on any atom is -0.369 e. The first kappa shape index (κ1) is 20.0. The van der Waals surface area contributed by atoms with Crippen LogP contribution in [0.4, 0.5) is 0 Å². The molecule has 2 amide bonds. The van der Waals surface area contributed by atoms with Crippen LogP contribution in [0.5, 0.6) is 0 Å². The summed E-state index contributed by atoms with van der Waals surface area (Å²) < 4.78 is 1.61. The molecule has 1 aliphatic heterocycles. The van der Waals surface area contributed by atoms with Gasteiger partial charge < -0.3 is 10.6 Å². The highest BCUT2D eigenvalue weighted by Gasteiger charge is 2.66. The highest BCUT2D eigenvalue weighted by atomic mass is 16.2. The first-order valence-electron chi connectivity index (χ1n) is 11.1. The molecule has 2 fully saturated rings. The van der Waals surface area contributed by atoms with Crippen molar-refractivity contribution in [3.8, 4) is 5.69 Å². The number of aromatic nitrogens is 1. The summed E-state index contributed by atoms with van der Waals surface area (Å²) in [5.74, 6) is -0.602. The highest BCUT2D eigenvalue weighted by molar-refractivity contribution is 5.96. The lowest BCUT2D eigenvalue weighted by molar-refractivity contribution is -0.148. The van der Waals surface area contributed by atoms with Gasteiger partial charge >= 0.3 is 0 Å². The number of carbonyl (C=O) groups is 2. The van der Waals surface area contributed by atoms with Crippen molar-refractivity contribution in [1.82, 2.24) is 9.47 Å². The number of primary amides is 1. The maximum absolute atomic E-state index is 13.6. The second-order valence-electron chi connectivity index (χ2n) is 10.2. The summed E-state index contributed by atoms with van der Waals surface area (Å²) in [4.78, 5) is 41.0. The number of likely N-dealkylation sites (tertiary alicyclic amines) is 1. The Bertz CT molecular complexity index is 1180. The number of carbonyl (C=O) groups excluding carboxylic acids is 2. The van der Waals surface area contributed by atoms with Gasteiger partial charge in [-0.3, -0.25) is 19.0 Å². The fraction of sp³-hybridized carbons (Fsp3) is 0.480. The van der Waals surface area contributed by atoms with Crippen LogP contribution >= 0.6 is 0 Å². The van der Waals surface area contributed by atoms with E-state index in [4.69, 9.17) is 5.73 Å². The Hall–Kier alpha value is -2.89. The number of benzene rings is 1. The molecule has 1 saturated heterocycles. The number of pyridine rings is 1. The van der Waals surface area contributed by atoms with Crippen LogP contribution in [-0.4, -0.2) is 34.4 Å². The molecule has 2 heterocycles. The van der Waals surface area contributed by atoms with Crippen LogP contribution in [0.25, 0.3) is 5.69 Å². The molecule has 0 unspecified atom stereocenters. The number of hydrogen-bond donors (Lipinski definition) is 1. The summed E-state index contributed by atoms with van der Waals surface area (Å²) in [6, 6.07) is 7.88. The zero-order valence-electron chi connectivity index (χ0n) is 18.4. The van der Waals surface area contributed by atoms with Crippen molar-refractivity contribution in [3.63, 3.8) is 0 Å². The minimum atomic E-state index is -0.666. The topological polar surface area (TPSA) is 85.4 Å². The molecule has 2 aliphatic carbocycles. The molecule has 1 saturated carbocycles. The number of nitrogens with zero attached hydrogens (tertiary/aromatic N) is 2. The number of nitrogens with two attached hydrogens (primary N) is 1. The zero-order valence-corrected chi connectivity index (χ0v) is 18.4. The van der Waals surface area contributed by atoms with Crippen molar-refractivity contribution in [2.24, 2.45) is 22.5 Å². The third-order valence-corrected chi connectivity index (χ3v) is 7.93. The van der Waals surface area contributed by atoms with Crippen LogP contribution in [0, 0.1) is 23.7 Å². The smallest absolute Gasteiger partial charge is 0.268 e. The molecule has 6 nitrogen and oxygen atoms in total. The van der Waals surface area contributed by atoms with Gasteiger partial charge in [-0.05, 0) is 72.8 Å². The summed E-state index contributed by atoms with van der Waals surface area (Å²) in [6.45, 7) is 6.78. The molecule has 6 heteroatoms. The average molecular weight is 420 g/mol. The van der Waals surface area contributed by atoms with E-state index in [0.29, 0.717) is 25.1 Å². The molecule has 3 aliphatic rings. The first-order valence-corrected chi connectivity index (χ1v) is 11.1. The van der Waals surface area contributed by atoms with Crippen molar-refractivity contribution >= 4 is 11.8 Å². The Kier molecular flexibility index (Phi) is 4.24. The van der Waals surface area contributed by atoms with Crippen molar-refractivity contribution in [3.05, 3.63) is 63.1 Å². The van der Waals surface area contributed by atoms with Gasteiger partial charge in [0.1, 0.15) is 5.56 Å². The minimum absolute atomic E-state index is 0.0325. The van der Waals surface area contributed by atoms with E-state index in [1.54, 1.807) is 22.6 Å². The highest BCUT2D eigenvalue weighted by Crippen LogP contribution is 2.62. The van der Waals surface area contributed by atoms with Crippen LogP contribution in [0.15, 0.2) is 35.3 Å². The lowest BCUT2D eigenvalue weighted by atomic mass is 9.48. The van der Waals surface area contributed by atoms with E-state index in [1.807, 2.05) is 18.2 Å². The number of rotatable bonds is 3. The molecule has 2 atom stereocenters. The largest absolute Gasteiger partial charge is 0.369 e. The van der Waals surface area contributed by atoms with Gasteiger partial charge in [0.05, 0.1) is 11.1 Å². The Labute approximate surface area is 182 Å². The van der Waals surface area contributed by atoms with E-state index >= 15 is 0 Å². The van der Waals surface area contributed by atoms with Crippen LogP contribution in [0.1, 0.15) is 53.7 Å². The summed E-state index contributed by atoms with van der Waals surface area (Å²) in [6.07, 6.45) is 5.50. The number of aryl methyl sites for hydroxylation is 2. The Balaban J connectivity index is 1.54. The van der Waals surface area contributed by atoms with Crippen LogP contribution in [-0.2, 0) is 17.6 Å². The predicted molar refractivity (Wildman–Crippen MR) is 118 cm³/mol. The lowest BCUT2D eigenvalue weighted by Gasteiger charge is -2.54. The van der Waals surface area contributed by atoms with Gasteiger partial charge in [-0.15, -0.1) is 0 Å². The molecular formula is C25H29N3O3. The van der Waals surface area contributed by atoms with E-state index in [2.05, 4.69) is 19.9 Å². The normalized spacial score (nSPS) is 25.6. The van der Waals surface area contributed by atoms with Gasteiger partial charge in [-0.2, -0.15) is 0 Å². The van der Waals surface area contributed by atoms with Gasteiger partial charge in [0.2, 0.25) is 5.91 Å². The van der Waals surface area contributed by atoms with Gasteiger partial charge in [0, 0.05) is 19.3 Å². The van der Waals surface area contributed by atoms with Gasteiger partial charge in [-0.25, -0.2) is 0 Å². The summed E-state index contributed by atoms with van der Waals surface area (Å²) in [5.41, 5.74) is 8.95. The Morgan fingerprint density at radius 1 is 1.16 bits per heavy atom. The molecule has 1 aromatic carbocycles. The van der Waals surface area contributed by atoms with Crippen molar-refractivity contribution in [2.75, 3.05) is 13.1 Å². The van der Waals surface area contributed by atoms with Crippen molar-refractivity contribution < 1.29 is 9.59 Å². The molecule has 0 bridgehead atoms. The Morgan fingerprint density at radius 2 is 1.94 bits per heavy atom. The van der Waals surface area contributed by atoms with E-state index in [-0.39, 0.29) is 34.3 Å². The van der Waals surface area contributed by atoms with E-state index in [1.165, 1.54) is 11.1 Å². The maximum atomic E-state index is 13.6. The second-order valence-corrected chi connectivity index (χ2v) is 10.2. The summed E-state index contributed by atoms with van der Waals surface area (Å²) in [7, 11) is 0. The van der Waals surface area contributed by atoms with Crippen LogP contribution in [0.3, 0.4) is 0 Å². The molecule has 2 N–H and O–H groups in total. The van der Waals surface area contributed by atoms with Crippen molar-refractivity contribution in [1.29, 1.82) is 0 Å². The maximum Gasteiger partial charge on any atom is 0.268 e. The Morgan fingerprint density at radius 3 is 2.61 bits per heavy atom. The third-order valence-electron chi connectivity index (χ3n) is 7.93. The van der Waals surface area contributed by atoms with E-state index in [9.17, 15) is 14.4 Å². The fourth-order valence-electron chi connectivity index (χ4n) is 6.44. The van der Waals surface area contributed by atoms with E-state index < -0.39 is 5.41 Å². The molecule has 5 rings (SSSR count). The van der Waals surface area contributed by atoms with Crippen molar-refractivity contribution in [2.45, 2.75) is 46.5 Å². The van der Waals surface area contributed by atoms with Crippen LogP contribution in [0.2, 0.25) is 0 Å². The lowest BCUT2D eigenvalue weighted by Crippen LogP contribution is -2.59. The molecule has 0 radical (unpaired) electrons. The molecule has 0 spiro atoms. The molecule has 31 heavy (non-hydrogen) atoms. The molecule has 2 aromatic rings. The monoisotopic (exact) mass is 419 g/mol. The summed E-state index contributed by atoms with van der Waals surface area (Å²) in [5, 5.41) is 0. The van der Waals surface area contributed by atoms with Crippen LogP contribution < -0.4 is 11.3 Å². The standard InChI is InChI=1S/C25H29N3O3/c1-15-10-11-28(18-9-5-7-16-6-4-8-17(16)18)22(30)20(15)21(29)27-12-19-24(2,3)13-25(19,14-27)23(26)31/h5,7,9-11,19H,4,6,8,12-14H2,1-3H3,(H2,26,31)/t19-,25+/m1/s1. The molecule has 162 valence electrons. The average Bonchev–Trinajstić information content (AvgIpc) is 3.31. The molecular weight excluding hydrogens is 390 g/mol. The fourth-order valence-corrected chi connectivity index (χ4v) is 6.44. The van der Waals surface area contributed by atoms with Gasteiger partial charge in [-0.1, -0.05) is 26.0 Å². The van der Waals surface area contributed by atoms with Gasteiger partial charge in [0.25, 0.3) is 11.5 Å². The van der Waals surface area contributed by atoms with E-state index in [0.717, 1.165) is 24.9 Å². The quantitative estimate of drug-likeness (QED) is 0.830. The predicted octanol–water partition coefficient (Wildman–Crippen LogP) is 2.61. The number of amides is 2. The SMILES string of the molecule is Cc1ccn(-c2cccc3c2CCC3)c(=O)c1C(=O)N1C[C@@H]2C(C)(C)C[C@]2(C(N)=O)C1. The molecule has 1 aromatic heterocycles. The summed E-state index contributed by atoms with van der Waals surface area (Å²) >= 11 is 0. The number of hydrogen-bond acceptors (Lipinski definition) is 3. The second kappa shape index (κ2) is 6.55. The first-order chi connectivity index (χ1) is 14.7.